The van der Waals surface area contributed by atoms with Gasteiger partial charge in [-0.1, -0.05) is 53.2 Å². The molecule has 0 aliphatic rings. The second-order valence-corrected chi connectivity index (χ2v) is 7.76. The molecular weight excluding hydrogens is 415 g/mol. The highest BCUT2D eigenvalue weighted by Crippen LogP contribution is 2.20. The highest BCUT2D eigenvalue weighted by atomic mass is 35.5. The molecule has 1 N–H and O–H groups in total. The largest absolute Gasteiger partial charge is 0.325 e. The first kappa shape index (κ1) is 20.5. The molecular formula is C20H18Cl2N4OS. The summed E-state index contributed by atoms with van der Waals surface area (Å²) in [4.78, 5) is 12.2. The van der Waals surface area contributed by atoms with Crippen molar-refractivity contribution >= 4 is 46.6 Å². The van der Waals surface area contributed by atoms with Crippen LogP contribution in [0.15, 0.2) is 66.3 Å². The normalized spacial score (nSPS) is 10.6. The summed E-state index contributed by atoms with van der Waals surface area (Å²) in [5.74, 6) is 0.904. The molecule has 0 atom stereocenters. The van der Waals surface area contributed by atoms with Crippen molar-refractivity contribution < 1.29 is 4.79 Å². The minimum absolute atomic E-state index is 0.125. The molecule has 3 aromatic rings. The van der Waals surface area contributed by atoms with Crippen molar-refractivity contribution in [2.75, 3.05) is 11.1 Å². The van der Waals surface area contributed by atoms with Gasteiger partial charge in [0.25, 0.3) is 0 Å². The maximum Gasteiger partial charge on any atom is 0.234 e. The zero-order valence-electron chi connectivity index (χ0n) is 14.9. The monoisotopic (exact) mass is 432 g/mol. The number of thioether (sulfide) groups is 1. The first-order valence-corrected chi connectivity index (χ1v) is 10.2. The second kappa shape index (κ2) is 9.78. The van der Waals surface area contributed by atoms with E-state index >= 15 is 0 Å². The van der Waals surface area contributed by atoms with E-state index in [4.69, 9.17) is 23.2 Å². The fraction of sp³-hybridized carbons (Fsp3) is 0.150. The predicted molar refractivity (Wildman–Crippen MR) is 115 cm³/mol. The van der Waals surface area contributed by atoms with Crippen molar-refractivity contribution in [1.29, 1.82) is 0 Å². The molecule has 0 unspecified atom stereocenters. The molecule has 0 saturated carbocycles. The molecule has 0 spiro atoms. The average Bonchev–Trinajstić information content (AvgIpc) is 3.06. The van der Waals surface area contributed by atoms with E-state index in [1.807, 2.05) is 28.8 Å². The number of nitrogens with zero attached hydrogens (tertiary/aromatic N) is 3. The van der Waals surface area contributed by atoms with E-state index in [0.29, 0.717) is 33.9 Å². The molecule has 144 valence electrons. The van der Waals surface area contributed by atoms with Gasteiger partial charge in [0, 0.05) is 28.7 Å². The maximum atomic E-state index is 12.2. The van der Waals surface area contributed by atoms with Crippen LogP contribution in [-0.2, 0) is 17.8 Å². The fourth-order valence-electron chi connectivity index (χ4n) is 2.51. The molecule has 0 bridgehead atoms. The molecule has 0 fully saturated rings. The van der Waals surface area contributed by atoms with Crippen LogP contribution < -0.4 is 5.32 Å². The Kier molecular flexibility index (Phi) is 7.14. The quantitative estimate of drug-likeness (QED) is 0.397. The lowest BCUT2D eigenvalue weighted by molar-refractivity contribution is -0.113. The first-order chi connectivity index (χ1) is 13.5. The molecule has 8 heteroatoms. The number of hydrogen-bond acceptors (Lipinski definition) is 4. The summed E-state index contributed by atoms with van der Waals surface area (Å²) >= 11 is 13.1. The maximum absolute atomic E-state index is 12.2. The summed E-state index contributed by atoms with van der Waals surface area (Å²) in [6, 6.07) is 14.6. The Labute approximate surface area is 177 Å². The highest BCUT2D eigenvalue weighted by Gasteiger charge is 2.14. The van der Waals surface area contributed by atoms with E-state index in [1.54, 1.807) is 30.3 Å². The molecule has 2 aromatic carbocycles. The summed E-state index contributed by atoms with van der Waals surface area (Å²) in [5.41, 5.74) is 1.78. The van der Waals surface area contributed by atoms with Crippen LogP contribution >= 0.6 is 35.0 Å². The van der Waals surface area contributed by atoms with Crippen LogP contribution in [0.4, 0.5) is 5.69 Å². The molecule has 3 rings (SSSR count). The first-order valence-electron chi connectivity index (χ1n) is 8.51. The number of carbonyl (C=O) groups is 1. The number of hydrogen-bond donors (Lipinski definition) is 1. The van der Waals surface area contributed by atoms with E-state index in [0.717, 1.165) is 11.4 Å². The van der Waals surface area contributed by atoms with Crippen molar-refractivity contribution in [2.45, 2.75) is 18.1 Å². The molecule has 28 heavy (non-hydrogen) atoms. The van der Waals surface area contributed by atoms with Gasteiger partial charge in [-0.3, -0.25) is 4.79 Å². The van der Waals surface area contributed by atoms with Crippen LogP contribution in [0, 0.1) is 0 Å². The number of aromatic nitrogens is 3. The van der Waals surface area contributed by atoms with Gasteiger partial charge in [-0.2, -0.15) is 0 Å². The summed E-state index contributed by atoms with van der Waals surface area (Å²) in [6.45, 7) is 4.37. The third-order valence-corrected chi connectivity index (χ3v) is 5.31. The Morgan fingerprint density at radius 1 is 1.07 bits per heavy atom. The Morgan fingerprint density at radius 2 is 1.71 bits per heavy atom. The van der Waals surface area contributed by atoms with Crippen molar-refractivity contribution in [3.63, 3.8) is 0 Å². The minimum atomic E-state index is -0.125. The van der Waals surface area contributed by atoms with Crippen molar-refractivity contribution in [2.24, 2.45) is 0 Å². The zero-order valence-corrected chi connectivity index (χ0v) is 17.3. The molecule has 0 saturated heterocycles. The number of rotatable bonds is 8. The van der Waals surface area contributed by atoms with Crippen molar-refractivity contribution in [1.82, 2.24) is 14.8 Å². The van der Waals surface area contributed by atoms with Crippen molar-refractivity contribution in [3.8, 4) is 0 Å². The van der Waals surface area contributed by atoms with E-state index in [1.165, 1.54) is 11.8 Å². The van der Waals surface area contributed by atoms with Crippen molar-refractivity contribution in [3.05, 3.63) is 82.6 Å². The standard InChI is InChI=1S/C20H18Cl2N4OS/c1-2-11-26-18(12-14-3-5-15(21)6-4-14)24-25-20(26)28-13-19(27)23-17-9-7-16(22)8-10-17/h2-10H,1,11-13H2,(H,23,27). The van der Waals surface area contributed by atoms with Gasteiger partial charge in [-0.15, -0.1) is 16.8 Å². The summed E-state index contributed by atoms with van der Waals surface area (Å²) in [7, 11) is 0. The smallest absolute Gasteiger partial charge is 0.234 e. The topological polar surface area (TPSA) is 59.8 Å². The lowest BCUT2D eigenvalue weighted by Crippen LogP contribution is -2.14. The number of benzene rings is 2. The highest BCUT2D eigenvalue weighted by molar-refractivity contribution is 7.99. The number of amides is 1. The van der Waals surface area contributed by atoms with Crippen LogP contribution in [0.25, 0.3) is 0 Å². The van der Waals surface area contributed by atoms with Gasteiger partial charge in [0.1, 0.15) is 5.82 Å². The van der Waals surface area contributed by atoms with E-state index < -0.39 is 0 Å². The molecule has 5 nitrogen and oxygen atoms in total. The van der Waals surface area contributed by atoms with E-state index in [-0.39, 0.29) is 11.7 Å². The van der Waals surface area contributed by atoms with E-state index in [2.05, 4.69) is 22.1 Å². The molecule has 0 radical (unpaired) electrons. The predicted octanol–water partition coefficient (Wildman–Crippen LogP) is 5.09. The summed E-state index contributed by atoms with van der Waals surface area (Å²) in [5, 5.41) is 13.4. The average molecular weight is 433 g/mol. The zero-order chi connectivity index (χ0) is 19.9. The molecule has 1 amide bonds. The SMILES string of the molecule is C=CCn1c(Cc2ccc(Cl)cc2)nnc1SCC(=O)Nc1ccc(Cl)cc1. The Bertz CT molecular complexity index is 955. The van der Waals surface area contributed by atoms with Gasteiger partial charge in [0.15, 0.2) is 5.16 Å². The van der Waals surface area contributed by atoms with Crippen LogP contribution in [0.1, 0.15) is 11.4 Å². The summed E-state index contributed by atoms with van der Waals surface area (Å²) in [6.07, 6.45) is 2.40. The Morgan fingerprint density at radius 3 is 2.36 bits per heavy atom. The van der Waals surface area contributed by atoms with Gasteiger partial charge >= 0.3 is 0 Å². The fourth-order valence-corrected chi connectivity index (χ4v) is 3.53. The molecule has 0 aliphatic carbocycles. The summed E-state index contributed by atoms with van der Waals surface area (Å²) < 4.78 is 1.96. The van der Waals surface area contributed by atoms with Crippen LogP contribution in [0.3, 0.4) is 0 Å². The lowest BCUT2D eigenvalue weighted by atomic mass is 10.1. The van der Waals surface area contributed by atoms with Crippen LogP contribution in [-0.4, -0.2) is 26.4 Å². The second-order valence-electron chi connectivity index (χ2n) is 5.95. The molecule has 1 heterocycles. The number of allylic oxidation sites excluding steroid dienone is 1. The van der Waals surface area contributed by atoms with Gasteiger partial charge < -0.3 is 9.88 Å². The molecule has 1 aromatic heterocycles. The lowest BCUT2D eigenvalue weighted by Gasteiger charge is -2.08. The van der Waals surface area contributed by atoms with E-state index in [9.17, 15) is 4.79 Å². The third-order valence-electron chi connectivity index (χ3n) is 3.84. The Balaban J connectivity index is 1.65. The van der Waals surface area contributed by atoms with Gasteiger partial charge in [-0.05, 0) is 42.0 Å². The molecule has 0 aliphatic heterocycles. The number of halogens is 2. The number of nitrogens with one attached hydrogen (secondary N) is 1. The third kappa shape index (κ3) is 5.61. The Hall–Kier alpha value is -2.28. The van der Waals surface area contributed by atoms with Gasteiger partial charge in [0.2, 0.25) is 5.91 Å². The minimum Gasteiger partial charge on any atom is -0.325 e. The van der Waals surface area contributed by atoms with Gasteiger partial charge in [-0.25, -0.2) is 0 Å². The number of carbonyl (C=O) groups excluding carboxylic acids is 1. The van der Waals surface area contributed by atoms with Crippen LogP contribution in [0.5, 0.6) is 0 Å². The van der Waals surface area contributed by atoms with Crippen LogP contribution in [0.2, 0.25) is 10.0 Å². The van der Waals surface area contributed by atoms with Gasteiger partial charge in [0.05, 0.1) is 5.75 Å². The number of anilines is 1.